The largest absolute Gasteiger partial charge is 0.0922 e. The molecule has 0 aliphatic rings. The van der Waals surface area contributed by atoms with E-state index < -0.39 is 0 Å². The molecular formula is C14H21Br. The molecule has 1 atom stereocenters. The Labute approximate surface area is 102 Å². The van der Waals surface area contributed by atoms with Crippen molar-refractivity contribution in [3.63, 3.8) is 0 Å². The molecule has 0 N–H and O–H groups in total. The van der Waals surface area contributed by atoms with Gasteiger partial charge in [0.1, 0.15) is 0 Å². The first-order valence-corrected chi connectivity index (χ1v) is 6.83. The summed E-state index contributed by atoms with van der Waals surface area (Å²) < 4.78 is 0. The first-order chi connectivity index (χ1) is 7.09. The van der Waals surface area contributed by atoms with Gasteiger partial charge < -0.3 is 0 Å². The Kier molecular flexibility index (Phi) is 4.85. The Bertz CT molecular complexity index is 306. The summed E-state index contributed by atoms with van der Waals surface area (Å²) in [5, 5.41) is 1.09. The zero-order valence-corrected chi connectivity index (χ0v) is 11.6. The van der Waals surface area contributed by atoms with E-state index in [1.807, 2.05) is 0 Å². The predicted octanol–water partition coefficient (Wildman–Crippen LogP) is 4.74. The topological polar surface area (TPSA) is 0 Å². The maximum atomic E-state index is 3.65. The second-order valence-electron chi connectivity index (χ2n) is 4.86. The second kappa shape index (κ2) is 5.69. The number of hydrogen-bond donors (Lipinski definition) is 0. The first kappa shape index (κ1) is 12.8. The molecule has 0 bridgehead atoms. The van der Waals surface area contributed by atoms with Crippen molar-refractivity contribution >= 4 is 15.9 Å². The van der Waals surface area contributed by atoms with E-state index in [1.54, 1.807) is 0 Å². The van der Waals surface area contributed by atoms with Crippen molar-refractivity contribution in [3.8, 4) is 0 Å². The molecule has 0 spiro atoms. The molecule has 0 nitrogen and oxygen atoms in total. The smallest absolute Gasteiger partial charge is 0.00885 e. The van der Waals surface area contributed by atoms with E-state index in [9.17, 15) is 0 Å². The van der Waals surface area contributed by atoms with Crippen LogP contribution in [-0.2, 0) is 6.42 Å². The molecule has 1 heteroatoms. The zero-order chi connectivity index (χ0) is 11.3. The standard InChI is InChI=1S/C14H21Br/c1-4-8-14(3,11-15)10-13-7-5-6-12(2)9-13/h5-7,9H,4,8,10-11H2,1-3H3. The van der Waals surface area contributed by atoms with Crippen molar-refractivity contribution in [3.05, 3.63) is 35.4 Å². The highest BCUT2D eigenvalue weighted by Gasteiger charge is 2.22. The van der Waals surface area contributed by atoms with E-state index in [0.717, 1.165) is 5.33 Å². The third-order valence-electron chi connectivity index (χ3n) is 2.89. The van der Waals surface area contributed by atoms with E-state index in [4.69, 9.17) is 0 Å². The van der Waals surface area contributed by atoms with Crippen LogP contribution in [0.25, 0.3) is 0 Å². The quantitative estimate of drug-likeness (QED) is 0.677. The van der Waals surface area contributed by atoms with Crippen molar-refractivity contribution in [2.45, 2.75) is 40.0 Å². The van der Waals surface area contributed by atoms with Crippen LogP contribution in [0.2, 0.25) is 0 Å². The average molecular weight is 269 g/mol. The van der Waals surface area contributed by atoms with Gasteiger partial charge >= 0.3 is 0 Å². The minimum Gasteiger partial charge on any atom is -0.0922 e. The van der Waals surface area contributed by atoms with Crippen LogP contribution in [0.5, 0.6) is 0 Å². The number of alkyl halides is 1. The lowest BCUT2D eigenvalue weighted by molar-refractivity contribution is 0.340. The fourth-order valence-electron chi connectivity index (χ4n) is 2.12. The van der Waals surface area contributed by atoms with Gasteiger partial charge in [-0.05, 0) is 30.7 Å². The number of halogens is 1. The molecule has 1 aromatic carbocycles. The van der Waals surface area contributed by atoms with E-state index in [-0.39, 0.29) is 0 Å². The van der Waals surface area contributed by atoms with Gasteiger partial charge in [0.05, 0.1) is 0 Å². The first-order valence-electron chi connectivity index (χ1n) is 5.71. The maximum absolute atomic E-state index is 3.65. The van der Waals surface area contributed by atoms with E-state index in [2.05, 4.69) is 61.0 Å². The van der Waals surface area contributed by atoms with Crippen LogP contribution < -0.4 is 0 Å². The molecule has 0 saturated heterocycles. The third-order valence-corrected chi connectivity index (χ3v) is 4.24. The fourth-order valence-corrected chi connectivity index (χ4v) is 2.60. The summed E-state index contributed by atoms with van der Waals surface area (Å²) >= 11 is 3.65. The van der Waals surface area contributed by atoms with Crippen LogP contribution in [0.1, 0.15) is 37.8 Å². The van der Waals surface area contributed by atoms with Gasteiger partial charge in [0.25, 0.3) is 0 Å². The zero-order valence-electron chi connectivity index (χ0n) is 10.0. The van der Waals surface area contributed by atoms with Gasteiger partial charge in [-0.2, -0.15) is 0 Å². The van der Waals surface area contributed by atoms with Gasteiger partial charge in [0.2, 0.25) is 0 Å². The number of benzene rings is 1. The highest BCUT2D eigenvalue weighted by atomic mass is 79.9. The minimum absolute atomic E-state index is 0.405. The van der Waals surface area contributed by atoms with Crippen LogP contribution in [0.3, 0.4) is 0 Å². The Morgan fingerprint density at radius 1 is 1.33 bits per heavy atom. The highest BCUT2D eigenvalue weighted by molar-refractivity contribution is 9.09. The van der Waals surface area contributed by atoms with Crippen LogP contribution in [0, 0.1) is 12.3 Å². The summed E-state index contributed by atoms with van der Waals surface area (Å²) in [5.74, 6) is 0. The van der Waals surface area contributed by atoms with Crippen molar-refractivity contribution in [2.24, 2.45) is 5.41 Å². The van der Waals surface area contributed by atoms with Crippen LogP contribution >= 0.6 is 15.9 Å². The molecule has 1 rings (SSSR count). The SMILES string of the molecule is CCCC(C)(CBr)Cc1cccc(C)c1. The molecule has 1 unspecified atom stereocenters. The summed E-state index contributed by atoms with van der Waals surface area (Å²) in [7, 11) is 0. The number of hydrogen-bond acceptors (Lipinski definition) is 0. The van der Waals surface area contributed by atoms with E-state index >= 15 is 0 Å². The molecular weight excluding hydrogens is 248 g/mol. The van der Waals surface area contributed by atoms with Crippen molar-refractivity contribution in [2.75, 3.05) is 5.33 Å². The second-order valence-corrected chi connectivity index (χ2v) is 5.42. The molecule has 0 aromatic heterocycles. The van der Waals surface area contributed by atoms with Crippen LogP contribution in [-0.4, -0.2) is 5.33 Å². The monoisotopic (exact) mass is 268 g/mol. The number of aryl methyl sites for hydroxylation is 1. The molecule has 0 saturated carbocycles. The lowest BCUT2D eigenvalue weighted by atomic mass is 9.81. The molecule has 84 valence electrons. The van der Waals surface area contributed by atoms with Gasteiger partial charge in [-0.3, -0.25) is 0 Å². The third kappa shape index (κ3) is 3.98. The Hall–Kier alpha value is -0.300. The lowest BCUT2D eigenvalue weighted by Gasteiger charge is -2.27. The van der Waals surface area contributed by atoms with Crippen molar-refractivity contribution in [1.82, 2.24) is 0 Å². The van der Waals surface area contributed by atoms with E-state index in [0.29, 0.717) is 5.41 Å². The summed E-state index contributed by atoms with van der Waals surface area (Å²) in [5.41, 5.74) is 3.23. The summed E-state index contributed by atoms with van der Waals surface area (Å²) in [6, 6.07) is 8.86. The summed E-state index contributed by atoms with van der Waals surface area (Å²) in [4.78, 5) is 0. The molecule has 0 aliphatic carbocycles. The van der Waals surface area contributed by atoms with Crippen LogP contribution in [0.4, 0.5) is 0 Å². The molecule has 0 fully saturated rings. The molecule has 0 radical (unpaired) electrons. The Morgan fingerprint density at radius 3 is 2.60 bits per heavy atom. The predicted molar refractivity (Wildman–Crippen MR) is 71.7 cm³/mol. The van der Waals surface area contributed by atoms with Gasteiger partial charge in [-0.15, -0.1) is 0 Å². The maximum Gasteiger partial charge on any atom is 0.00885 e. The van der Waals surface area contributed by atoms with E-state index in [1.165, 1.54) is 30.4 Å². The highest BCUT2D eigenvalue weighted by Crippen LogP contribution is 2.30. The molecule has 0 heterocycles. The molecule has 1 aromatic rings. The fraction of sp³-hybridized carbons (Fsp3) is 0.571. The summed E-state index contributed by atoms with van der Waals surface area (Å²) in [6.45, 7) is 6.79. The average Bonchev–Trinajstić information content (AvgIpc) is 2.18. The molecule has 0 amide bonds. The van der Waals surface area contributed by atoms with Crippen molar-refractivity contribution < 1.29 is 0 Å². The van der Waals surface area contributed by atoms with Gasteiger partial charge in [0, 0.05) is 5.33 Å². The van der Waals surface area contributed by atoms with Crippen LogP contribution in [0.15, 0.2) is 24.3 Å². The Balaban J connectivity index is 2.74. The Morgan fingerprint density at radius 2 is 2.07 bits per heavy atom. The number of rotatable bonds is 5. The van der Waals surface area contributed by atoms with Gasteiger partial charge in [0.15, 0.2) is 0 Å². The van der Waals surface area contributed by atoms with Crippen molar-refractivity contribution in [1.29, 1.82) is 0 Å². The lowest BCUT2D eigenvalue weighted by Crippen LogP contribution is -2.21. The molecule has 15 heavy (non-hydrogen) atoms. The van der Waals surface area contributed by atoms with Gasteiger partial charge in [-0.1, -0.05) is 66.0 Å². The minimum atomic E-state index is 0.405. The molecule has 0 aliphatic heterocycles. The normalized spacial score (nSPS) is 14.9. The summed E-state index contributed by atoms with van der Waals surface area (Å²) in [6.07, 6.45) is 3.72. The van der Waals surface area contributed by atoms with Gasteiger partial charge in [-0.25, -0.2) is 0 Å².